The zero-order chi connectivity index (χ0) is 26.1. The van der Waals surface area contributed by atoms with Crippen molar-refractivity contribution in [2.45, 2.75) is 55.3 Å². The molecule has 1 aromatic carbocycles. The largest absolute Gasteiger partial charge is 0.390 e. The van der Waals surface area contributed by atoms with E-state index >= 15 is 0 Å². The van der Waals surface area contributed by atoms with Gasteiger partial charge in [-0.3, -0.25) is 9.59 Å². The number of aryl methyl sites for hydroxylation is 1. The fourth-order valence-electron chi connectivity index (χ4n) is 4.20. The van der Waals surface area contributed by atoms with Gasteiger partial charge in [0.15, 0.2) is 5.03 Å². The van der Waals surface area contributed by atoms with Crippen molar-refractivity contribution in [3.63, 3.8) is 0 Å². The maximum Gasteiger partial charge on any atom is 0.262 e. The molecule has 3 atom stereocenters. The number of hydrogen-bond donors (Lipinski definition) is 4. The van der Waals surface area contributed by atoms with Crippen LogP contribution in [0.2, 0.25) is 0 Å². The first kappa shape index (κ1) is 27.8. The van der Waals surface area contributed by atoms with E-state index in [1.54, 1.807) is 11.6 Å². The molecule has 3 rings (SSSR count). The van der Waals surface area contributed by atoms with E-state index in [4.69, 9.17) is 0 Å². The molecule has 1 saturated heterocycles. The van der Waals surface area contributed by atoms with E-state index in [2.05, 4.69) is 20.9 Å². The lowest BCUT2D eigenvalue weighted by atomic mass is 10.0. The zero-order valence-corrected chi connectivity index (χ0v) is 21.6. The first-order valence-corrected chi connectivity index (χ1v) is 13.6. The SMILES string of the molecule is CNC(=O)CCC(=O)NC(Cc1ccccc1)C(O)CN(CC1CCCN1)S(=O)(=O)c1cn(C)cn1. The van der Waals surface area contributed by atoms with Gasteiger partial charge >= 0.3 is 0 Å². The summed E-state index contributed by atoms with van der Waals surface area (Å²) in [5.41, 5.74) is 0.879. The molecule has 12 heteroatoms. The predicted octanol–water partition coefficient (Wildman–Crippen LogP) is -0.223. The Morgan fingerprint density at radius 1 is 1.25 bits per heavy atom. The highest BCUT2D eigenvalue weighted by atomic mass is 32.2. The molecule has 11 nitrogen and oxygen atoms in total. The van der Waals surface area contributed by atoms with Crippen molar-refractivity contribution in [2.75, 3.05) is 26.7 Å². The van der Waals surface area contributed by atoms with Gasteiger partial charge in [0.05, 0.1) is 18.5 Å². The smallest absolute Gasteiger partial charge is 0.262 e. The number of sulfonamides is 1. The van der Waals surface area contributed by atoms with Crippen molar-refractivity contribution >= 4 is 21.8 Å². The summed E-state index contributed by atoms with van der Waals surface area (Å²) in [6, 6.07) is 8.54. The molecule has 36 heavy (non-hydrogen) atoms. The highest BCUT2D eigenvalue weighted by Crippen LogP contribution is 2.18. The van der Waals surface area contributed by atoms with Gasteiger partial charge in [0.2, 0.25) is 11.8 Å². The zero-order valence-electron chi connectivity index (χ0n) is 20.8. The minimum absolute atomic E-state index is 0.0179. The molecule has 4 N–H and O–H groups in total. The van der Waals surface area contributed by atoms with Gasteiger partial charge in [0.1, 0.15) is 0 Å². The highest BCUT2D eigenvalue weighted by molar-refractivity contribution is 7.89. The van der Waals surface area contributed by atoms with Crippen LogP contribution in [0.4, 0.5) is 0 Å². The quantitative estimate of drug-likeness (QED) is 0.286. The number of nitrogens with zero attached hydrogens (tertiary/aromatic N) is 3. The van der Waals surface area contributed by atoms with Gasteiger partial charge in [-0.2, -0.15) is 4.31 Å². The maximum absolute atomic E-state index is 13.5. The van der Waals surface area contributed by atoms with Crippen molar-refractivity contribution < 1.29 is 23.1 Å². The van der Waals surface area contributed by atoms with Gasteiger partial charge in [-0.1, -0.05) is 30.3 Å². The number of rotatable bonds is 13. The molecule has 1 aromatic heterocycles. The molecule has 2 heterocycles. The summed E-state index contributed by atoms with van der Waals surface area (Å²) >= 11 is 0. The Balaban J connectivity index is 1.80. The van der Waals surface area contributed by atoms with Crippen LogP contribution in [0.1, 0.15) is 31.2 Å². The highest BCUT2D eigenvalue weighted by Gasteiger charge is 2.34. The molecule has 2 aromatic rings. The molecule has 2 amide bonds. The van der Waals surface area contributed by atoms with Gasteiger partial charge in [-0.25, -0.2) is 13.4 Å². The third-order valence-corrected chi connectivity index (χ3v) is 7.95. The predicted molar refractivity (Wildman–Crippen MR) is 134 cm³/mol. The van der Waals surface area contributed by atoms with Crippen molar-refractivity contribution in [3.8, 4) is 0 Å². The van der Waals surface area contributed by atoms with Crippen molar-refractivity contribution in [1.82, 2.24) is 29.8 Å². The second kappa shape index (κ2) is 12.9. The average molecular weight is 521 g/mol. The van der Waals surface area contributed by atoms with Crippen molar-refractivity contribution in [2.24, 2.45) is 7.05 Å². The fourth-order valence-corrected chi connectivity index (χ4v) is 5.67. The molecule has 1 aliphatic heterocycles. The number of aromatic nitrogens is 2. The summed E-state index contributed by atoms with van der Waals surface area (Å²) < 4.78 is 29.7. The van der Waals surface area contributed by atoms with E-state index in [-0.39, 0.29) is 42.9 Å². The monoisotopic (exact) mass is 520 g/mol. The molecule has 0 bridgehead atoms. The lowest BCUT2D eigenvalue weighted by Gasteiger charge is -2.30. The summed E-state index contributed by atoms with van der Waals surface area (Å²) in [6.07, 6.45) is 3.70. The summed E-state index contributed by atoms with van der Waals surface area (Å²) in [5, 5.41) is 19.8. The molecular weight excluding hydrogens is 484 g/mol. The summed E-state index contributed by atoms with van der Waals surface area (Å²) in [4.78, 5) is 28.2. The standard InChI is InChI=1S/C24H36N6O5S/c1-25-22(32)10-11-23(33)28-20(13-18-7-4-3-5-8-18)21(31)15-30(14-19-9-6-12-26-19)36(34,35)24-16-29(2)17-27-24/h3-5,7-8,16-17,19-21,26,31H,6,9-15H2,1-2H3,(H,25,32)(H,28,33). The lowest BCUT2D eigenvalue weighted by Crippen LogP contribution is -2.52. The Kier molecular flexibility index (Phi) is 9.99. The van der Waals surface area contributed by atoms with E-state index in [0.717, 1.165) is 24.9 Å². The summed E-state index contributed by atoms with van der Waals surface area (Å²) in [7, 11) is -0.800. The lowest BCUT2D eigenvalue weighted by molar-refractivity contribution is -0.127. The van der Waals surface area contributed by atoms with E-state index < -0.39 is 28.1 Å². The second-order valence-electron chi connectivity index (χ2n) is 9.10. The Morgan fingerprint density at radius 3 is 2.58 bits per heavy atom. The van der Waals surface area contributed by atoms with E-state index in [9.17, 15) is 23.1 Å². The summed E-state index contributed by atoms with van der Waals surface area (Å²) in [5.74, 6) is -0.655. The third kappa shape index (κ3) is 7.85. The van der Waals surface area contributed by atoms with Gasteiger partial charge in [-0.15, -0.1) is 0 Å². The molecule has 0 saturated carbocycles. The Hall–Kier alpha value is -2.80. The van der Waals surface area contributed by atoms with Crippen LogP contribution in [-0.4, -0.2) is 84.1 Å². The molecule has 0 spiro atoms. The third-order valence-electron chi connectivity index (χ3n) is 6.23. The van der Waals surface area contributed by atoms with Crippen LogP contribution in [0.3, 0.4) is 0 Å². The Labute approximate surface area is 212 Å². The molecule has 198 valence electrons. The van der Waals surface area contributed by atoms with Crippen LogP contribution in [0.5, 0.6) is 0 Å². The number of aliphatic hydroxyl groups is 1. The van der Waals surface area contributed by atoms with Crippen LogP contribution in [-0.2, 0) is 33.1 Å². The first-order valence-electron chi connectivity index (χ1n) is 12.1. The minimum atomic E-state index is -3.99. The number of benzene rings is 1. The average Bonchev–Trinajstić information content (AvgIpc) is 3.54. The van der Waals surface area contributed by atoms with E-state index in [1.165, 1.54) is 23.9 Å². The van der Waals surface area contributed by atoms with Crippen LogP contribution < -0.4 is 16.0 Å². The second-order valence-corrected chi connectivity index (χ2v) is 11.0. The number of carbonyl (C=O) groups excluding carboxylic acids is 2. The number of carbonyl (C=O) groups is 2. The topological polar surface area (TPSA) is 146 Å². The van der Waals surface area contributed by atoms with Crippen LogP contribution in [0.25, 0.3) is 0 Å². The number of aliphatic hydroxyl groups excluding tert-OH is 1. The molecular formula is C24H36N6O5S. The Bertz CT molecular complexity index is 1100. The number of amides is 2. The van der Waals surface area contributed by atoms with Gasteiger partial charge in [0.25, 0.3) is 10.0 Å². The molecule has 1 aliphatic rings. The number of nitrogens with one attached hydrogen (secondary N) is 3. The number of hydrogen-bond acceptors (Lipinski definition) is 7. The fraction of sp³-hybridized carbons (Fsp3) is 0.542. The molecule has 0 radical (unpaired) electrons. The van der Waals surface area contributed by atoms with E-state index in [0.29, 0.717) is 6.42 Å². The van der Waals surface area contributed by atoms with Gasteiger partial charge in [0, 0.05) is 52.3 Å². The molecule has 0 aliphatic carbocycles. The van der Waals surface area contributed by atoms with Crippen LogP contribution in [0, 0.1) is 0 Å². The first-order chi connectivity index (χ1) is 17.2. The maximum atomic E-state index is 13.5. The van der Waals surface area contributed by atoms with Gasteiger partial charge in [-0.05, 0) is 31.4 Å². The number of imidazole rings is 1. The molecule has 1 fully saturated rings. The van der Waals surface area contributed by atoms with Crippen molar-refractivity contribution in [1.29, 1.82) is 0 Å². The van der Waals surface area contributed by atoms with Crippen LogP contribution >= 0.6 is 0 Å². The van der Waals surface area contributed by atoms with Gasteiger partial charge < -0.3 is 25.6 Å². The molecule has 3 unspecified atom stereocenters. The Morgan fingerprint density at radius 2 is 1.97 bits per heavy atom. The summed E-state index contributed by atoms with van der Waals surface area (Å²) in [6.45, 7) is 0.770. The van der Waals surface area contributed by atoms with Crippen LogP contribution in [0.15, 0.2) is 47.9 Å². The normalized spacial score (nSPS) is 17.6. The minimum Gasteiger partial charge on any atom is -0.390 e. The van der Waals surface area contributed by atoms with E-state index in [1.807, 2.05) is 30.3 Å². The van der Waals surface area contributed by atoms with Crippen molar-refractivity contribution in [3.05, 3.63) is 48.4 Å².